The van der Waals surface area contributed by atoms with Crippen LogP contribution in [0.3, 0.4) is 0 Å². The lowest BCUT2D eigenvalue weighted by atomic mass is 10.4. The van der Waals surface area contributed by atoms with E-state index in [2.05, 4.69) is 31.9 Å². The third kappa shape index (κ3) is 12.2. The molecule has 0 aliphatic heterocycles. The maximum atomic E-state index is 5.16. The van der Waals surface area contributed by atoms with Crippen molar-refractivity contribution in [2.45, 2.75) is 33.0 Å². The van der Waals surface area contributed by atoms with Crippen molar-refractivity contribution in [3.05, 3.63) is 12.2 Å². The van der Waals surface area contributed by atoms with Gasteiger partial charge in [0.05, 0.1) is 20.9 Å². The molecule has 0 aromatic rings. The average Bonchev–Trinajstić information content (AvgIpc) is 2.31. The zero-order valence-corrected chi connectivity index (χ0v) is 13.1. The Morgan fingerprint density at radius 3 is 2.50 bits per heavy atom. The number of hydrogen-bond donors (Lipinski definition) is 1. The third-order valence-electron chi connectivity index (χ3n) is 2.40. The number of hydrogen-bond acceptors (Lipinski definition) is 5. The molecule has 108 valence electrons. The van der Waals surface area contributed by atoms with E-state index in [1.165, 1.54) is 6.04 Å². The van der Waals surface area contributed by atoms with E-state index < -0.39 is 8.07 Å². The Morgan fingerprint density at radius 1 is 1.17 bits per heavy atom. The van der Waals surface area contributed by atoms with Gasteiger partial charge in [-0.1, -0.05) is 38.2 Å². The molecule has 0 rings (SSSR count). The van der Waals surface area contributed by atoms with Crippen LogP contribution in [0.5, 0.6) is 0 Å². The third-order valence-corrected chi connectivity index (χ3v) is 5.22. The fourth-order valence-corrected chi connectivity index (χ4v) is 1.38. The van der Waals surface area contributed by atoms with Crippen molar-refractivity contribution in [1.29, 1.82) is 0 Å². The molecule has 0 aliphatic rings. The first kappa shape index (κ1) is 17.8. The van der Waals surface area contributed by atoms with Gasteiger partial charge in [-0.2, -0.15) is 0 Å². The van der Waals surface area contributed by atoms with Gasteiger partial charge < -0.3 is 0 Å². The van der Waals surface area contributed by atoms with E-state index in [0.29, 0.717) is 26.5 Å². The van der Waals surface area contributed by atoms with Crippen molar-refractivity contribution in [2.24, 2.45) is 0 Å². The minimum atomic E-state index is -1.20. The molecule has 0 saturated heterocycles. The number of nitrogens with one attached hydrogen (secondary N) is 1. The molecule has 0 unspecified atom stereocenters. The molecular weight excluding hydrogens is 250 g/mol. The monoisotopic (exact) mass is 277 g/mol. The first-order chi connectivity index (χ1) is 8.48. The van der Waals surface area contributed by atoms with Crippen LogP contribution >= 0.6 is 0 Å². The maximum absolute atomic E-state index is 5.16. The van der Waals surface area contributed by atoms with Crippen LogP contribution in [0.15, 0.2) is 12.2 Å². The van der Waals surface area contributed by atoms with Gasteiger partial charge >= 0.3 is 0 Å². The van der Waals surface area contributed by atoms with Crippen molar-refractivity contribution in [3.8, 4) is 0 Å². The lowest BCUT2D eigenvalue weighted by Crippen LogP contribution is -2.32. The Balaban J connectivity index is 3.15. The highest BCUT2D eigenvalue weighted by Gasteiger charge is 2.18. The SMILES string of the molecule is C=C(C)COOCCNCOOC[Si](C)(C)CC. The van der Waals surface area contributed by atoms with Crippen LogP contribution in [0.25, 0.3) is 0 Å². The zero-order valence-electron chi connectivity index (χ0n) is 12.1. The minimum Gasteiger partial charge on any atom is -0.290 e. The van der Waals surface area contributed by atoms with E-state index in [0.717, 1.165) is 11.8 Å². The van der Waals surface area contributed by atoms with Crippen molar-refractivity contribution in [3.63, 3.8) is 0 Å². The first-order valence-corrected chi connectivity index (χ1v) is 9.73. The summed E-state index contributed by atoms with van der Waals surface area (Å²) in [7, 11) is -1.20. The summed E-state index contributed by atoms with van der Waals surface area (Å²) in [6.07, 6.45) is 0.726. The van der Waals surface area contributed by atoms with Gasteiger partial charge in [0.1, 0.15) is 13.3 Å². The standard InChI is InChI=1S/C12H27NO4Si/c1-6-18(4,5)11-17-16-10-13-7-8-14-15-9-12(2)3/h13H,2,6-11H2,1,3-5H3. The molecular formula is C12H27NO4Si. The van der Waals surface area contributed by atoms with E-state index >= 15 is 0 Å². The molecule has 0 saturated carbocycles. The maximum Gasteiger partial charge on any atom is 0.133 e. The Hall–Kier alpha value is -0.243. The normalized spacial score (nSPS) is 11.8. The van der Waals surface area contributed by atoms with Crippen molar-refractivity contribution in [1.82, 2.24) is 5.32 Å². The topological polar surface area (TPSA) is 49.0 Å². The average molecular weight is 277 g/mol. The molecule has 0 aromatic carbocycles. The molecule has 0 atom stereocenters. The molecule has 0 heterocycles. The van der Waals surface area contributed by atoms with Gasteiger partial charge in [0, 0.05) is 6.54 Å². The van der Waals surface area contributed by atoms with Gasteiger partial charge in [0.15, 0.2) is 0 Å². The van der Waals surface area contributed by atoms with Gasteiger partial charge in [-0.25, -0.2) is 19.6 Å². The minimum absolute atomic E-state index is 0.359. The molecule has 0 aliphatic carbocycles. The van der Waals surface area contributed by atoms with Crippen molar-refractivity contribution >= 4 is 8.07 Å². The van der Waals surface area contributed by atoms with E-state index in [4.69, 9.17) is 19.6 Å². The van der Waals surface area contributed by atoms with Crippen molar-refractivity contribution in [2.75, 3.05) is 32.7 Å². The molecule has 6 heteroatoms. The summed E-state index contributed by atoms with van der Waals surface area (Å²) in [6, 6.07) is 1.19. The predicted molar refractivity (Wildman–Crippen MR) is 74.6 cm³/mol. The van der Waals surface area contributed by atoms with E-state index in [1.807, 2.05) is 6.92 Å². The lowest BCUT2D eigenvalue weighted by molar-refractivity contribution is -0.296. The zero-order chi connectivity index (χ0) is 13.9. The van der Waals surface area contributed by atoms with Crippen LogP contribution < -0.4 is 5.32 Å². The Morgan fingerprint density at radius 2 is 1.89 bits per heavy atom. The van der Waals surface area contributed by atoms with E-state index in [1.54, 1.807) is 0 Å². The summed E-state index contributed by atoms with van der Waals surface area (Å²) in [5.74, 6) is 0. The van der Waals surface area contributed by atoms with Crippen LogP contribution in [0.4, 0.5) is 0 Å². The molecule has 0 bridgehead atoms. The Kier molecular flexibility index (Phi) is 10.5. The molecule has 18 heavy (non-hydrogen) atoms. The van der Waals surface area contributed by atoms with Gasteiger partial charge in [-0.3, -0.25) is 5.32 Å². The van der Waals surface area contributed by atoms with Crippen LogP contribution in [0.1, 0.15) is 13.8 Å². The van der Waals surface area contributed by atoms with Gasteiger partial charge in [0.2, 0.25) is 0 Å². The molecule has 0 amide bonds. The highest BCUT2D eigenvalue weighted by atomic mass is 28.3. The summed E-state index contributed by atoms with van der Waals surface area (Å²) < 4.78 is 0. The molecule has 0 spiro atoms. The highest BCUT2D eigenvalue weighted by molar-refractivity contribution is 6.77. The summed E-state index contributed by atoms with van der Waals surface area (Å²) >= 11 is 0. The van der Waals surface area contributed by atoms with E-state index in [-0.39, 0.29) is 0 Å². The second kappa shape index (κ2) is 10.7. The fraction of sp³-hybridized carbons (Fsp3) is 0.833. The van der Waals surface area contributed by atoms with Crippen molar-refractivity contribution < 1.29 is 19.6 Å². The molecule has 0 aromatic heterocycles. The molecule has 5 nitrogen and oxygen atoms in total. The summed E-state index contributed by atoms with van der Waals surface area (Å²) in [5, 5.41) is 3.02. The summed E-state index contributed by atoms with van der Waals surface area (Å²) in [6.45, 7) is 14.2. The predicted octanol–water partition coefficient (Wildman–Crippen LogP) is 2.27. The fourth-order valence-electron chi connectivity index (χ4n) is 0.774. The van der Waals surface area contributed by atoms with Crippen LogP contribution in [0, 0.1) is 0 Å². The second-order valence-corrected chi connectivity index (χ2v) is 10.4. The van der Waals surface area contributed by atoms with Gasteiger partial charge in [0.25, 0.3) is 0 Å². The largest absolute Gasteiger partial charge is 0.290 e. The van der Waals surface area contributed by atoms with E-state index in [9.17, 15) is 0 Å². The molecule has 1 N–H and O–H groups in total. The smallest absolute Gasteiger partial charge is 0.133 e. The van der Waals surface area contributed by atoms with Gasteiger partial charge in [-0.05, 0) is 6.92 Å². The quantitative estimate of drug-likeness (QED) is 0.148. The van der Waals surface area contributed by atoms with Crippen LogP contribution in [-0.2, 0) is 19.6 Å². The highest BCUT2D eigenvalue weighted by Crippen LogP contribution is 2.07. The number of rotatable bonds is 12. The lowest BCUT2D eigenvalue weighted by Gasteiger charge is -2.18. The molecule has 0 fully saturated rings. The van der Waals surface area contributed by atoms with Gasteiger partial charge in [-0.15, -0.1) is 0 Å². The Labute approximate surface area is 111 Å². The van der Waals surface area contributed by atoms with Crippen LogP contribution in [0.2, 0.25) is 19.1 Å². The van der Waals surface area contributed by atoms with Crippen LogP contribution in [-0.4, -0.2) is 40.8 Å². The summed E-state index contributed by atoms with van der Waals surface area (Å²) in [4.78, 5) is 20.0. The molecule has 0 radical (unpaired) electrons. The first-order valence-electron chi connectivity index (χ1n) is 6.32. The Bertz CT molecular complexity index is 224. The second-order valence-electron chi connectivity index (χ2n) is 5.08. The summed E-state index contributed by atoms with van der Waals surface area (Å²) in [5.41, 5.74) is 0.933.